The van der Waals surface area contributed by atoms with E-state index in [-0.39, 0.29) is 6.03 Å². The standard InChI is InChI=1S/C28H26N4O5/c1-17-24(27-30-26(31-37-27)18-10-13-21(34-2)14-11-18)25(19-12-15-22(35-3)23(16-19)36-4)29-28(33)32(17)20-8-6-5-7-9-20/h5-16,25H,1-4H3,(H,29,33). The molecule has 2 amide bonds. The number of ether oxygens (including phenoxy) is 3. The van der Waals surface area contributed by atoms with Crippen LogP contribution >= 0.6 is 0 Å². The number of aromatic nitrogens is 2. The van der Waals surface area contributed by atoms with Gasteiger partial charge >= 0.3 is 6.03 Å². The number of rotatable bonds is 7. The van der Waals surface area contributed by atoms with Crippen molar-refractivity contribution in [2.24, 2.45) is 0 Å². The Morgan fingerprint density at radius 2 is 1.62 bits per heavy atom. The molecule has 5 rings (SSSR count). The lowest BCUT2D eigenvalue weighted by atomic mass is 9.94. The van der Waals surface area contributed by atoms with Crippen molar-refractivity contribution in [3.8, 4) is 28.6 Å². The van der Waals surface area contributed by atoms with Crippen molar-refractivity contribution >= 4 is 17.3 Å². The fourth-order valence-electron chi connectivity index (χ4n) is 4.38. The van der Waals surface area contributed by atoms with Gasteiger partial charge in [-0.3, -0.25) is 4.90 Å². The molecule has 0 radical (unpaired) electrons. The summed E-state index contributed by atoms with van der Waals surface area (Å²) in [5, 5.41) is 7.32. The molecule has 0 aliphatic carbocycles. The Balaban J connectivity index is 1.64. The first-order chi connectivity index (χ1) is 18.0. The molecule has 1 aromatic heterocycles. The lowest BCUT2D eigenvalue weighted by Gasteiger charge is -2.35. The topological polar surface area (TPSA) is 99.0 Å². The van der Waals surface area contributed by atoms with Crippen LogP contribution in [0.15, 0.2) is 83.0 Å². The summed E-state index contributed by atoms with van der Waals surface area (Å²) in [5.41, 5.74) is 3.60. The smallest absolute Gasteiger partial charge is 0.326 e. The number of para-hydroxylation sites is 1. The average molecular weight is 499 g/mol. The van der Waals surface area contributed by atoms with E-state index in [2.05, 4.69) is 10.5 Å². The molecule has 1 aliphatic rings. The van der Waals surface area contributed by atoms with E-state index in [1.54, 1.807) is 32.3 Å². The molecule has 0 bridgehead atoms. The summed E-state index contributed by atoms with van der Waals surface area (Å²) in [6.07, 6.45) is 0. The van der Waals surface area contributed by atoms with Crippen molar-refractivity contribution in [3.63, 3.8) is 0 Å². The van der Waals surface area contributed by atoms with Crippen molar-refractivity contribution < 1.29 is 23.5 Å². The number of amides is 2. The number of nitrogens with one attached hydrogen (secondary N) is 1. The molecule has 188 valence electrons. The first-order valence-electron chi connectivity index (χ1n) is 11.6. The Hall–Kier alpha value is -4.79. The lowest BCUT2D eigenvalue weighted by molar-refractivity contribution is 0.244. The van der Waals surface area contributed by atoms with Crippen LogP contribution in [0.5, 0.6) is 17.2 Å². The first-order valence-corrected chi connectivity index (χ1v) is 11.6. The van der Waals surface area contributed by atoms with Gasteiger partial charge in [0, 0.05) is 11.3 Å². The van der Waals surface area contributed by atoms with Crippen LogP contribution in [0.1, 0.15) is 24.4 Å². The Bertz CT molecular complexity index is 1450. The number of carbonyl (C=O) groups excluding carboxylic acids is 1. The van der Waals surface area contributed by atoms with Crippen molar-refractivity contribution in [2.75, 3.05) is 26.2 Å². The number of anilines is 1. The van der Waals surface area contributed by atoms with Gasteiger partial charge in [-0.25, -0.2) is 4.79 Å². The van der Waals surface area contributed by atoms with Gasteiger partial charge < -0.3 is 24.1 Å². The molecule has 9 heteroatoms. The Morgan fingerprint density at radius 1 is 0.892 bits per heavy atom. The minimum Gasteiger partial charge on any atom is -0.497 e. The molecule has 2 heterocycles. The first kappa shape index (κ1) is 23.9. The molecule has 0 saturated heterocycles. The summed E-state index contributed by atoms with van der Waals surface area (Å²) >= 11 is 0. The largest absolute Gasteiger partial charge is 0.497 e. The van der Waals surface area contributed by atoms with Gasteiger partial charge in [-0.2, -0.15) is 4.98 Å². The lowest BCUT2D eigenvalue weighted by Crippen LogP contribution is -2.46. The highest BCUT2D eigenvalue weighted by Crippen LogP contribution is 2.41. The van der Waals surface area contributed by atoms with E-state index in [1.165, 1.54) is 0 Å². The fourth-order valence-corrected chi connectivity index (χ4v) is 4.38. The van der Waals surface area contributed by atoms with Gasteiger partial charge in [-0.05, 0) is 61.0 Å². The minimum absolute atomic E-state index is 0.276. The minimum atomic E-state index is -0.573. The average Bonchev–Trinajstić information content (AvgIpc) is 3.42. The molecule has 1 unspecified atom stereocenters. The van der Waals surface area contributed by atoms with Crippen LogP contribution in [0.4, 0.5) is 10.5 Å². The van der Waals surface area contributed by atoms with E-state index >= 15 is 0 Å². The van der Waals surface area contributed by atoms with Crippen LogP contribution in [-0.4, -0.2) is 37.5 Å². The summed E-state index contributed by atoms with van der Waals surface area (Å²) in [4.78, 5) is 19.7. The zero-order valence-electron chi connectivity index (χ0n) is 20.9. The van der Waals surface area contributed by atoms with Crippen LogP contribution in [0.2, 0.25) is 0 Å². The summed E-state index contributed by atoms with van der Waals surface area (Å²) < 4.78 is 21.9. The number of allylic oxidation sites excluding steroid dienone is 1. The third-order valence-electron chi connectivity index (χ3n) is 6.24. The zero-order valence-corrected chi connectivity index (χ0v) is 20.9. The van der Waals surface area contributed by atoms with Crippen molar-refractivity contribution in [3.05, 3.63) is 89.9 Å². The van der Waals surface area contributed by atoms with Crippen LogP contribution in [0.25, 0.3) is 17.0 Å². The molecule has 1 N–H and O–H groups in total. The van der Waals surface area contributed by atoms with Crippen LogP contribution in [0, 0.1) is 0 Å². The highest BCUT2D eigenvalue weighted by Gasteiger charge is 2.36. The highest BCUT2D eigenvalue weighted by atomic mass is 16.5. The maximum Gasteiger partial charge on any atom is 0.326 e. The number of hydrogen-bond donors (Lipinski definition) is 1. The van der Waals surface area contributed by atoms with E-state index in [1.807, 2.05) is 73.7 Å². The van der Waals surface area contributed by atoms with Gasteiger partial charge in [-0.15, -0.1) is 0 Å². The van der Waals surface area contributed by atoms with Crippen molar-refractivity contribution in [2.45, 2.75) is 13.0 Å². The molecule has 0 fully saturated rings. The van der Waals surface area contributed by atoms with Gasteiger partial charge in [0.1, 0.15) is 5.75 Å². The second-order valence-corrected chi connectivity index (χ2v) is 8.32. The van der Waals surface area contributed by atoms with E-state index in [4.69, 9.17) is 23.7 Å². The Kier molecular flexibility index (Phi) is 6.51. The molecule has 1 atom stereocenters. The van der Waals surface area contributed by atoms with E-state index in [0.29, 0.717) is 34.5 Å². The van der Waals surface area contributed by atoms with Gasteiger partial charge in [-0.1, -0.05) is 29.4 Å². The quantitative estimate of drug-likeness (QED) is 0.361. The molecular weight excluding hydrogens is 472 g/mol. The molecule has 4 aromatic rings. The maximum atomic E-state index is 13.4. The predicted molar refractivity (Wildman–Crippen MR) is 139 cm³/mol. The molecule has 3 aromatic carbocycles. The Labute approximate surface area is 214 Å². The maximum absolute atomic E-state index is 13.4. The summed E-state index contributed by atoms with van der Waals surface area (Å²) in [5.74, 6) is 2.58. The van der Waals surface area contributed by atoms with Gasteiger partial charge in [0.2, 0.25) is 5.82 Å². The predicted octanol–water partition coefficient (Wildman–Crippen LogP) is 5.46. The van der Waals surface area contributed by atoms with Crippen molar-refractivity contribution in [1.82, 2.24) is 15.5 Å². The number of carbonyl (C=O) groups is 1. The monoisotopic (exact) mass is 498 g/mol. The number of urea groups is 1. The van der Waals surface area contributed by atoms with Crippen LogP contribution < -0.4 is 24.4 Å². The third kappa shape index (κ3) is 4.47. The fraction of sp³-hybridized carbons (Fsp3) is 0.179. The summed E-state index contributed by atoms with van der Waals surface area (Å²) in [6, 6.07) is 21.4. The van der Waals surface area contributed by atoms with Crippen LogP contribution in [0.3, 0.4) is 0 Å². The molecule has 0 saturated carbocycles. The number of nitrogens with zero attached hydrogens (tertiary/aromatic N) is 3. The molecule has 1 aliphatic heterocycles. The number of benzene rings is 3. The normalized spacial score (nSPS) is 15.4. The highest BCUT2D eigenvalue weighted by molar-refractivity contribution is 6.01. The summed E-state index contributed by atoms with van der Waals surface area (Å²) in [7, 11) is 4.76. The Morgan fingerprint density at radius 3 is 2.30 bits per heavy atom. The van der Waals surface area contributed by atoms with Crippen molar-refractivity contribution in [1.29, 1.82) is 0 Å². The van der Waals surface area contributed by atoms with E-state index in [9.17, 15) is 4.79 Å². The van der Waals surface area contributed by atoms with Gasteiger partial charge in [0.15, 0.2) is 11.5 Å². The number of methoxy groups -OCH3 is 3. The zero-order chi connectivity index (χ0) is 25.9. The van der Waals surface area contributed by atoms with Gasteiger partial charge in [0.05, 0.1) is 38.6 Å². The van der Waals surface area contributed by atoms with Crippen LogP contribution in [-0.2, 0) is 0 Å². The van der Waals surface area contributed by atoms with E-state index in [0.717, 1.165) is 22.6 Å². The second kappa shape index (κ2) is 10.1. The molecule has 37 heavy (non-hydrogen) atoms. The number of hydrogen-bond acceptors (Lipinski definition) is 7. The second-order valence-electron chi connectivity index (χ2n) is 8.32. The van der Waals surface area contributed by atoms with Gasteiger partial charge in [0.25, 0.3) is 5.89 Å². The molecule has 0 spiro atoms. The molecule has 9 nitrogen and oxygen atoms in total. The van der Waals surface area contributed by atoms with E-state index < -0.39 is 6.04 Å². The molecular formula is C28H26N4O5. The third-order valence-corrected chi connectivity index (χ3v) is 6.24. The SMILES string of the molecule is COc1ccc(-c2noc(C3=C(C)N(c4ccccc4)C(=O)NC3c3ccc(OC)c(OC)c3)n2)cc1. The summed E-state index contributed by atoms with van der Waals surface area (Å²) in [6.45, 7) is 1.87.